The highest BCUT2D eigenvalue weighted by atomic mass is 16.5. The van der Waals surface area contributed by atoms with Crippen molar-refractivity contribution in [1.82, 2.24) is 0 Å². The Kier molecular flexibility index (Phi) is 6.58. The van der Waals surface area contributed by atoms with Gasteiger partial charge in [-0.3, -0.25) is 14.4 Å². The van der Waals surface area contributed by atoms with Crippen LogP contribution in [0.25, 0.3) is 21.9 Å². The number of rotatable bonds is 5. The van der Waals surface area contributed by atoms with Gasteiger partial charge in [0, 0.05) is 47.1 Å². The zero-order chi connectivity index (χ0) is 31.8. The average molecular weight is 599 g/mol. The summed E-state index contributed by atoms with van der Waals surface area (Å²) in [6.07, 6.45) is -0.345. The van der Waals surface area contributed by atoms with Gasteiger partial charge in [0.05, 0.1) is 56.1 Å². The molecule has 6 rings (SSSR count). The third-order valence-electron chi connectivity index (χ3n) is 8.39. The van der Waals surface area contributed by atoms with Crippen LogP contribution in [0.15, 0.2) is 30.3 Å². The number of ether oxygens (including phenoxy) is 4. The number of ketones is 3. The molecule has 2 aliphatic rings. The van der Waals surface area contributed by atoms with Crippen molar-refractivity contribution in [1.29, 1.82) is 0 Å². The van der Waals surface area contributed by atoms with Crippen molar-refractivity contribution in [2.75, 3.05) is 28.4 Å². The quantitative estimate of drug-likeness (QED) is 0.255. The molecule has 0 bridgehead atoms. The van der Waals surface area contributed by atoms with Crippen LogP contribution in [0, 0.1) is 6.92 Å². The zero-order valence-corrected chi connectivity index (χ0v) is 25.0. The Bertz CT molecular complexity index is 1970. The van der Waals surface area contributed by atoms with Gasteiger partial charge < -0.3 is 34.3 Å². The first-order chi connectivity index (χ1) is 20.9. The van der Waals surface area contributed by atoms with Crippen molar-refractivity contribution in [2.45, 2.75) is 32.3 Å². The minimum absolute atomic E-state index is 0.0149. The van der Waals surface area contributed by atoms with Crippen LogP contribution in [0.5, 0.6) is 34.5 Å². The molecule has 0 radical (unpaired) electrons. The highest BCUT2D eigenvalue weighted by Crippen LogP contribution is 2.54. The number of carbonyl (C=O) groups is 3. The SMILES string of the molecule is COc1cc(OC)c2c(O)c3c(c(-c4c(OC)cc(O)c5c4C(=O)c4cc(C)cc(OC)c4C5=O)c2c1)CC(C)(O)CC3=O. The van der Waals surface area contributed by atoms with Gasteiger partial charge in [-0.15, -0.1) is 0 Å². The molecule has 44 heavy (non-hydrogen) atoms. The van der Waals surface area contributed by atoms with Crippen LogP contribution < -0.4 is 18.9 Å². The average Bonchev–Trinajstić information content (AvgIpc) is 2.97. The number of benzene rings is 4. The molecule has 0 saturated carbocycles. The molecule has 0 saturated heterocycles. The van der Waals surface area contributed by atoms with E-state index < -0.39 is 28.7 Å². The van der Waals surface area contributed by atoms with E-state index in [9.17, 15) is 29.7 Å². The van der Waals surface area contributed by atoms with Gasteiger partial charge in [0.15, 0.2) is 11.6 Å². The first-order valence-electron chi connectivity index (χ1n) is 13.8. The molecule has 0 heterocycles. The number of fused-ring (bicyclic) bond motifs is 4. The van der Waals surface area contributed by atoms with E-state index >= 15 is 0 Å². The topological polar surface area (TPSA) is 149 Å². The van der Waals surface area contributed by atoms with E-state index in [4.69, 9.17) is 18.9 Å². The minimum Gasteiger partial charge on any atom is -0.507 e. The molecule has 1 atom stereocenters. The predicted octanol–water partition coefficient (Wildman–Crippen LogP) is 4.92. The maximum absolute atomic E-state index is 14.5. The molecule has 0 aromatic heterocycles. The van der Waals surface area contributed by atoms with E-state index in [1.54, 1.807) is 31.2 Å². The molecule has 0 fully saturated rings. The predicted molar refractivity (Wildman–Crippen MR) is 160 cm³/mol. The number of phenolic OH excluding ortho intramolecular Hbond substituents is 2. The van der Waals surface area contributed by atoms with Crippen LogP contribution >= 0.6 is 0 Å². The maximum atomic E-state index is 14.5. The van der Waals surface area contributed by atoms with Gasteiger partial charge in [0.2, 0.25) is 5.78 Å². The molecule has 10 heteroatoms. The Morgan fingerprint density at radius 2 is 1.34 bits per heavy atom. The Balaban J connectivity index is 1.86. The van der Waals surface area contributed by atoms with E-state index in [2.05, 4.69) is 0 Å². The van der Waals surface area contributed by atoms with E-state index in [1.807, 2.05) is 0 Å². The van der Waals surface area contributed by atoms with Gasteiger partial charge >= 0.3 is 0 Å². The summed E-state index contributed by atoms with van der Waals surface area (Å²) < 4.78 is 22.3. The summed E-state index contributed by atoms with van der Waals surface area (Å²) in [4.78, 5) is 42.2. The van der Waals surface area contributed by atoms with E-state index in [0.717, 1.165) is 0 Å². The van der Waals surface area contributed by atoms with Gasteiger partial charge in [-0.2, -0.15) is 0 Å². The van der Waals surface area contributed by atoms with Crippen molar-refractivity contribution < 1.29 is 48.7 Å². The number of phenols is 2. The summed E-state index contributed by atoms with van der Waals surface area (Å²) in [5.41, 5.74) is -0.609. The largest absolute Gasteiger partial charge is 0.507 e. The molecule has 4 aromatic carbocycles. The van der Waals surface area contributed by atoms with Crippen LogP contribution in [-0.4, -0.2) is 66.7 Å². The fourth-order valence-corrected chi connectivity index (χ4v) is 6.60. The third-order valence-corrected chi connectivity index (χ3v) is 8.39. The highest BCUT2D eigenvalue weighted by Gasteiger charge is 2.43. The van der Waals surface area contributed by atoms with Crippen LogP contribution in [0.1, 0.15) is 66.7 Å². The maximum Gasteiger partial charge on any atom is 0.202 e. The molecule has 4 aromatic rings. The molecular formula is C34H30O10. The number of aryl methyl sites for hydroxylation is 1. The highest BCUT2D eigenvalue weighted by molar-refractivity contribution is 6.33. The molecule has 0 spiro atoms. The number of carbonyl (C=O) groups excluding carboxylic acids is 3. The second-order valence-electron chi connectivity index (χ2n) is 11.4. The van der Waals surface area contributed by atoms with Crippen molar-refractivity contribution in [3.63, 3.8) is 0 Å². The van der Waals surface area contributed by atoms with Crippen molar-refractivity contribution in [3.05, 3.63) is 69.3 Å². The third kappa shape index (κ3) is 4.01. The van der Waals surface area contributed by atoms with E-state index in [0.29, 0.717) is 16.7 Å². The summed E-state index contributed by atoms with van der Waals surface area (Å²) >= 11 is 0. The lowest BCUT2D eigenvalue weighted by atomic mass is 9.72. The summed E-state index contributed by atoms with van der Waals surface area (Å²) in [7, 11) is 5.58. The molecular weight excluding hydrogens is 568 g/mol. The molecule has 226 valence electrons. The van der Waals surface area contributed by atoms with Gasteiger partial charge in [0.1, 0.15) is 34.5 Å². The van der Waals surface area contributed by atoms with E-state index in [1.165, 1.54) is 41.4 Å². The second kappa shape index (κ2) is 9.99. The lowest BCUT2D eigenvalue weighted by Gasteiger charge is -2.33. The van der Waals surface area contributed by atoms with Crippen LogP contribution in [0.4, 0.5) is 0 Å². The summed E-state index contributed by atoms with van der Waals surface area (Å²) in [5.74, 6) is -1.84. The van der Waals surface area contributed by atoms with Crippen molar-refractivity contribution >= 4 is 28.1 Å². The van der Waals surface area contributed by atoms with Gasteiger partial charge in [0.25, 0.3) is 0 Å². The Labute approximate surface area is 252 Å². The van der Waals surface area contributed by atoms with Crippen LogP contribution in [0.2, 0.25) is 0 Å². The monoisotopic (exact) mass is 598 g/mol. The van der Waals surface area contributed by atoms with E-state index in [-0.39, 0.29) is 85.7 Å². The van der Waals surface area contributed by atoms with Crippen LogP contribution in [0.3, 0.4) is 0 Å². The van der Waals surface area contributed by atoms with Gasteiger partial charge in [-0.05, 0) is 48.7 Å². The number of Topliss-reactive ketones (excluding diaryl/α,β-unsaturated/α-hetero) is 1. The molecule has 10 nitrogen and oxygen atoms in total. The first kappa shape index (κ1) is 29.0. The zero-order valence-electron chi connectivity index (χ0n) is 25.0. The smallest absolute Gasteiger partial charge is 0.202 e. The van der Waals surface area contributed by atoms with Crippen molar-refractivity contribution in [3.8, 4) is 45.6 Å². The number of aromatic hydroxyl groups is 2. The van der Waals surface area contributed by atoms with Crippen molar-refractivity contribution in [2.24, 2.45) is 0 Å². The molecule has 2 aliphatic carbocycles. The number of hydrogen-bond acceptors (Lipinski definition) is 10. The number of methoxy groups -OCH3 is 4. The normalized spacial score (nSPS) is 17.2. The molecule has 0 aliphatic heterocycles. The molecule has 1 unspecified atom stereocenters. The van der Waals surface area contributed by atoms with Gasteiger partial charge in [-0.1, -0.05) is 0 Å². The Morgan fingerprint density at radius 3 is 1.98 bits per heavy atom. The summed E-state index contributed by atoms with van der Waals surface area (Å²) in [6, 6.07) is 7.59. The lowest BCUT2D eigenvalue weighted by Crippen LogP contribution is -2.36. The summed E-state index contributed by atoms with van der Waals surface area (Å²) in [5, 5.41) is 34.4. The lowest BCUT2D eigenvalue weighted by molar-refractivity contribution is 0.0410. The number of hydrogen-bond donors (Lipinski definition) is 3. The first-order valence-corrected chi connectivity index (χ1v) is 13.8. The second-order valence-corrected chi connectivity index (χ2v) is 11.4. The molecule has 0 amide bonds. The van der Waals surface area contributed by atoms with Gasteiger partial charge in [-0.25, -0.2) is 0 Å². The number of aliphatic hydroxyl groups is 1. The van der Waals surface area contributed by atoms with Crippen LogP contribution in [-0.2, 0) is 6.42 Å². The Morgan fingerprint density at radius 1 is 0.682 bits per heavy atom. The minimum atomic E-state index is -1.50. The molecule has 3 N–H and O–H groups in total. The Hall–Kier alpha value is -5.09. The summed E-state index contributed by atoms with van der Waals surface area (Å²) in [6.45, 7) is 3.27. The standard InChI is InChI=1S/C34H30O10/c1-14-7-17-27(21(8-14)42-4)33(39)28-19(35)11-23(44-6)29(30(28)31(17)37)24-16-9-15(41-3)10-22(43-5)26(16)32(38)25-18(24)12-34(2,40)13-20(25)36/h7-11,35,38,40H,12-13H2,1-6H3. The fraction of sp³-hybridized carbons (Fsp3) is 0.265. The fourth-order valence-electron chi connectivity index (χ4n) is 6.60.